The molecule has 0 saturated carbocycles. The molecule has 2 amide bonds. The second-order valence-corrected chi connectivity index (χ2v) is 7.36. The van der Waals surface area contributed by atoms with Crippen molar-refractivity contribution in [2.45, 2.75) is 32.2 Å². The number of carbonyl (C=O) groups is 2. The number of para-hydroxylation sites is 2. The molecule has 31 heavy (non-hydrogen) atoms. The molecule has 2 aromatic heterocycles. The lowest BCUT2D eigenvalue weighted by atomic mass is 10.0. The quantitative estimate of drug-likeness (QED) is 0.656. The molecule has 160 valence electrons. The average Bonchev–Trinajstić information content (AvgIpc) is 3.34. The fourth-order valence-electron chi connectivity index (χ4n) is 3.78. The fraction of sp³-hybridized carbons (Fsp3) is 0.318. The van der Waals surface area contributed by atoms with E-state index in [4.69, 9.17) is 4.74 Å². The molecule has 0 radical (unpaired) electrons. The van der Waals surface area contributed by atoms with Gasteiger partial charge in [0.15, 0.2) is 5.82 Å². The zero-order valence-electron chi connectivity index (χ0n) is 17.5. The summed E-state index contributed by atoms with van der Waals surface area (Å²) in [5.41, 5.74) is 1.94. The van der Waals surface area contributed by atoms with E-state index in [1.165, 1.54) is 6.20 Å². The number of nitrogens with zero attached hydrogens (tertiary/aromatic N) is 4. The van der Waals surface area contributed by atoms with Gasteiger partial charge in [-0.25, -0.2) is 9.97 Å². The van der Waals surface area contributed by atoms with Gasteiger partial charge in [-0.15, -0.1) is 0 Å². The van der Waals surface area contributed by atoms with E-state index in [0.717, 1.165) is 19.3 Å². The van der Waals surface area contributed by atoms with Gasteiger partial charge in [0.1, 0.15) is 11.4 Å². The van der Waals surface area contributed by atoms with Gasteiger partial charge in [0, 0.05) is 18.9 Å². The van der Waals surface area contributed by atoms with E-state index in [1.54, 1.807) is 43.3 Å². The first kappa shape index (κ1) is 20.5. The first-order chi connectivity index (χ1) is 15.1. The molecule has 0 bridgehead atoms. The van der Waals surface area contributed by atoms with Gasteiger partial charge < -0.3 is 15.0 Å². The number of benzene rings is 1. The molecule has 1 saturated heterocycles. The summed E-state index contributed by atoms with van der Waals surface area (Å²) in [6, 6.07) is 8.61. The minimum Gasteiger partial charge on any atom is -0.495 e. The molecule has 3 heterocycles. The Balaban J connectivity index is 1.56. The number of H-pyrrole nitrogens is 1. The van der Waals surface area contributed by atoms with Crippen molar-refractivity contribution in [2.75, 3.05) is 19.0 Å². The van der Waals surface area contributed by atoms with Crippen molar-refractivity contribution in [3.8, 4) is 5.75 Å². The lowest BCUT2D eigenvalue weighted by molar-refractivity contribution is 0.0593. The van der Waals surface area contributed by atoms with Crippen molar-refractivity contribution in [3.05, 3.63) is 65.5 Å². The molecule has 0 aliphatic carbocycles. The van der Waals surface area contributed by atoms with E-state index >= 15 is 0 Å². The predicted octanol–water partition coefficient (Wildman–Crippen LogP) is 3.14. The highest BCUT2D eigenvalue weighted by atomic mass is 16.5. The Morgan fingerprint density at radius 3 is 2.81 bits per heavy atom. The first-order valence-corrected chi connectivity index (χ1v) is 10.2. The van der Waals surface area contributed by atoms with Crippen LogP contribution in [0.5, 0.6) is 5.75 Å². The number of methoxy groups -OCH3 is 1. The van der Waals surface area contributed by atoms with Crippen molar-refractivity contribution < 1.29 is 14.3 Å². The summed E-state index contributed by atoms with van der Waals surface area (Å²) < 4.78 is 5.29. The summed E-state index contributed by atoms with van der Waals surface area (Å²) in [5, 5.41) is 9.44. The number of ether oxygens (including phenoxy) is 1. The number of anilines is 1. The molecule has 0 unspecified atom stereocenters. The number of aromatic amines is 1. The third kappa shape index (κ3) is 4.25. The predicted molar refractivity (Wildman–Crippen MR) is 114 cm³/mol. The number of hydrogen-bond acceptors (Lipinski definition) is 6. The van der Waals surface area contributed by atoms with Crippen LogP contribution in [0.15, 0.2) is 42.7 Å². The zero-order valence-corrected chi connectivity index (χ0v) is 17.5. The van der Waals surface area contributed by atoms with Gasteiger partial charge in [-0.05, 0) is 44.4 Å². The molecular weight excluding hydrogens is 396 g/mol. The van der Waals surface area contributed by atoms with Gasteiger partial charge in [-0.1, -0.05) is 12.1 Å². The highest BCUT2D eigenvalue weighted by molar-refractivity contribution is 6.05. The maximum absolute atomic E-state index is 12.9. The maximum atomic E-state index is 12.9. The van der Waals surface area contributed by atoms with Crippen LogP contribution in [0.4, 0.5) is 5.69 Å². The minimum absolute atomic E-state index is 0.124. The molecule has 9 nitrogen and oxygen atoms in total. The summed E-state index contributed by atoms with van der Waals surface area (Å²) in [7, 11) is 1.55. The van der Waals surface area contributed by atoms with Crippen LogP contribution in [0.1, 0.15) is 57.7 Å². The molecule has 9 heteroatoms. The second kappa shape index (κ2) is 8.95. The van der Waals surface area contributed by atoms with Crippen LogP contribution in [0.25, 0.3) is 0 Å². The number of aromatic nitrogens is 4. The molecule has 1 fully saturated rings. The average molecular weight is 420 g/mol. The van der Waals surface area contributed by atoms with Gasteiger partial charge in [0.25, 0.3) is 11.8 Å². The first-order valence-electron chi connectivity index (χ1n) is 10.2. The number of nitrogens with one attached hydrogen (secondary N) is 2. The number of likely N-dealkylation sites (tertiary alicyclic amines) is 1. The van der Waals surface area contributed by atoms with Crippen LogP contribution in [0.2, 0.25) is 0 Å². The van der Waals surface area contributed by atoms with Crippen molar-refractivity contribution >= 4 is 17.5 Å². The summed E-state index contributed by atoms with van der Waals surface area (Å²) in [6.45, 7) is 2.40. The van der Waals surface area contributed by atoms with Gasteiger partial charge >= 0.3 is 0 Å². The highest BCUT2D eigenvalue weighted by Crippen LogP contribution is 2.30. The number of carbonyl (C=O) groups excluding carboxylic acids is 2. The Morgan fingerprint density at radius 2 is 2.06 bits per heavy atom. The number of hydrogen-bond donors (Lipinski definition) is 2. The topological polar surface area (TPSA) is 113 Å². The SMILES string of the molecule is COc1ccccc1NC(=O)c1cnc([C@H]2CCCCN2C(=O)c2ccn[nH]2)nc1C. The van der Waals surface area contributed by atoms with Crippen LogP contribution in [-0.2, 0) is 0 Å². The van der Waals surface area contributed by atoms with Gasteiger partial charge in [-0.2, -0.15) is 5.10 Å². The van der Waals surface area contributed by atoms with Crippen molar-refractivity contribution in [2.24, 2.45) is 0 Å². The Bertz CT molecular complexity index is 1080. The third-order valence-electron chi connectivity index (χ3n) is 5.39. The summed E-state index contributed by atoms with van der Waals surface area (Å²) in [6.07, 6.45) is 5.76. The van der Waals surface area contributed by atoms with E-state index in [0.29, 0.717) is 40.8 Å². The maximum Gasteiger partial charge on any atom is 0.272 e. The van der Waals surface area contributed by atoms with Gasteiger partial charge in [-0.3, -0.25) is 14.7 Å². The van der Waals surface area contributed by atoms with E-state index in [9.17, 15) is 9.59 Å². The molecule has 1 aliphatic heterocycles. The van der Waals surface area contributed by atoms with Crippen molar-refractivity contribution in [1.29, 1.82) is 0 Å². The van der Waals surface area contributed by atoms with Crippen LogP contribution in [0, 0.1) is 6.92 Å². The number of rotatable bonds is 5. The largest absolute Gasteiger partial charge is 0.495 e. The fourth-order valence-corrected chi connectivity index (χ4v) is 3.78. The van der Waals surface area contributed by atoms with Crippen LogP contribution in [-0.4, -0.2) is 50.5 Å². The lowest BCUT2D eigenvalue weighted by Gasteiger charge is -2.34. The normalized spacial score (nSPS) is 16.1. The summed E-state index contributed by atoms with van der Waals surface area (Å²) >= 11 is 0. The van der Waals surface area contributed by atoms with Gasteiger partial charge in [0.2, 0.25) is 0 Å². The van der Waals surface area contributed by atoms with E-state index < -0.39 is 0 Å². The second-order valence-electron chi connectivity index (χ2n) is 7.36. The lowest BCUT2D eigenvalue weighted by Crippen LogP contribution is -2.39. The van der Waals surface area contributed by atoms with Crippen molar-refractivity contribution in [3.63, 3.8) is 0 Å². The molecule has 4 rings (SSSR count). The molecule has 0 spiro atoms. The van der Waals surface area contributed by atoms with Gasteiger partial charge in [0.05, 0.1) is 30.1 Å². The Hall–Kier alpha value is -3.75. The Kier molecular flexibility index (Phi) is 5.92. The Labute approximate surface area is 179 Å². The number of aryl methyl sites for hydroxylation is 1. The highest BCUT2D eigenvalue weighted by Gasteiger charge is 2.31. The molecule has 2 N–H and O–H groups in total. The van der Waals surface area contributed by atoms with Crippen LogP contribution in [0.3, 0.4) is 0 Å². The standard InChI is InChI=1S/C22H24N6O3/c1-14-15(21(29)26-16-7-3-4-9-19(16)31-2)13-23-20(25-14)18-8-5-6-12-28(18)22(30)17-10-11-24-27-17/h3-4,7,9-11,13,18H,5-6,8,12H2,1-2H3,(H,24,27)(H,26,29)/t18-/m1/s1. The molecule has 3 aromatic rings. The molecule has 1 aromatic carbocycles. The monoisotopic (exact) mass is 420 g/mol. The third-order valence-corrected chi connectivity index (χ3v) is 5.39. The Morgan fingerprint density at radius 1 is 1.23 bits per heavy atom. The number of amides is 2. The van der Waals surface area contributed by atoms with E-state index in [-0.39, 0.29) is 17.9 Å². The van der Waals surface area contributed by atoms with E-state index in [2.05, 4.69) is 25.5 Å². The molecule has 1 aliphatic rings. The minimum atomic E-state index is -0.317. The smallest absolute Gasteiger partial charge is 0.272 e. The molecule has 1 atom stereocenters. The summed E-state index contributed by atoms with van der Waals surface area (Å²) in [5.74, 6) is 0.671. The van der Waals surface area contributed by atoms with Crippen LogP contribution >= 0.6 is 0 Å². The van der Waals surface area contributed by atoms with E-state index in [1.807, 2.05) is 12.1 Å². The summed E-state index contributed by atoms with van der Waals surface area (Å²) in [4.78, 5) is 36.5. The van der Waals surface area contributed by atoms with Crippen LogP contribution < -0.4 is 10.1 Å². The van der Waals surface area contributed by atoms with Crippen molar-refractivity contribution in [1.82, 2.24) is 25.1 Å². The number of piperidine rings is 1. The molecular formula is C22H24N6O3. The zero-order chi connectivity index (χ0) is 21.8.